The highest BCUT2D eigenvalue weighted by molar-refractivity contribution is 5.79. The average molecular weight is 676 g/mol. The molecule has 0 amide bonds. The molecule has 2 aromatic rings. The molecule has 2 aliphatic heterocycles. The largest absolute Gasteiger partial charge is 0.399 e. The fraction of sp³-hybridized carbons (Fsp3) is 0.636. The Kier molecular flexibility index (Phi) is 22.6. The highest BCUT2D eigenvalue weighted by atomic mass is 16.1. The lowest BCUT2D eigenvalue weighted by Gasteiger charge is -2.38. The Hall–Kier alpha value is -2.92. The maximum absolute atomic E-state index is 12.2. The van der Waals surface area contributed by atoms with Gasteiger partial charge in [0.1, 0.15) is 12.1 Å². The van der Waals surface area contributed by atoms with Crippen LogP contribution in [0.2, 0.25) is 0 Å². The number of nitrogens with zero attached hydrogens (tertiary/aromatic N) is 2. The molecule has 2 fully saturated rings. The van der Waals surface area contributed by atoms with Gasteiger partial charge in [-0.05, 0) is 142 Å². The van der Waals surface area contributed by atoms with E-state index in [0.717, 1.165) is 50.2 Å². The van der Waals surface area contributed by atoms with Gasteiger partial charge in [-0.3, -0.25) is 4.79 Å². The molecular weight excluding hydrogens is 603 g/mol. The van der Waals surface area contributed by atoms with Crippen LogP contribution in [0.25, 0.3) is 5.57 Å². The summed E-state index contributed by atoms with van der Waals surface area (Å²) in [5.74, 6) is 2.80. The highest BCUT2D eigenvalue weighted by Crippen LogP contribution is 2.38. The smallest absolute Gasteiger partial charge is 0.132 e. The summed E-state index contributed by atoms with van der Waals surface area (Å²) in [4.78, 5) is 26.3. The first-order chi connectivity index (χ1) is 23.7. The Morgan fingerprint density at radius 1 is 0.878 bits per heavy atom. The van der Waals surface area contributed by atoms with Crippen LogP contribution in [0.15, 0.2) is 48.5 Å². The lowest BCUT2D eigenvalue weighted by Crippen LogP contribution is -2.41. The van der Waals surface area contributed by atoms with Crippen molar-refractivity contribution in [3.05, 3.63) is 65.2 Å². The second-order valence-corrected chi connectivity index (χ2v) is 13.5. The third kappa shape index (κ3) is 14.5. The van der Waals surface area contributed by atoms with Crippen LogP contribution in [0.1, 0.15) is 156 Å². The molecule has 2 atom stereocenters. The van der Waals surface area contributed by atoms with E-state index >= 15 is 0 Å². The Morgan fingerprint density at radius 3 is 2.00 bits per heavy atom. The van der Waals surface area contributed by atoms with Crippen molar-refractivity contribution >= 4 is 29.0 Å². The Balaban J connectivity index is 0.00000160. The molecule has 4 rings (SSSR count). The van der Waals surface area contributed by atoms with E-state index in [1.165, 1.54) is 80.2 Å². The van der Waals surface area contributed by atoms with Gasteiger partial charge in [-0.15, -0.1) is 0 Å². The zero-order chi connectivity index (χ0) is 36.8. The van der Waals surface area contributed by atoms with Gasteiger partial charge in [-0.1, -0.05) is 79.7 Å². The van der Waals surface area contributed by atoms with Crippen molar-refractivity contribution in [2.24, 2.45) is 11.8 Å². The monoisotopic (exact) mass is 676 g/mol. The summed E-state index contributed by atoms with van der Waals surface area (Å²) in [6.45, 7) is 26.7. The summed E-state index contributed by atoms with van der Waals surface area (Å²) in [6.07, 6.45) is 12.6. The number of nitrogens with two attached hydrogens (primary N) is 1. The van der Waals surface area contributed by atoms with Crippen molar-refractivity contribution < 1.29 is 9.59 Å². The molecule has 0 spiro atoms. The molecule has 5 nitrogen and oxygen atoms in total. The molecule has 2 N–H and O–H groups in total. The number of nitrogen functional groups attached to an aromatic ring is 1. The Bertz CT molecular complexity index is 1210. The predicted octanol–water partition coefficient (Wildman–Crippen LogP) is 11.3. The summed E-state index contributed by atoms with van der Waals surface area (Å²) in [5, 5.41) is 0. The summed E-state index contributed by atoms with van der Waals surface area (Å²) in [7, 11) is 0. The zero-order valence-corrected chi connectivity index (χ0v) is 33.2. The summed E-state index contributed by atoms with van der Waals surface area (Å²) in [5.41, 5.74) is 13.9. The first kappa shape index (κ1) is 44.1. The van der Waals surface area contributed by atoms with Gasteiger partial charge in [0, 0.05) is 43.9 Å². The van der Waals surface area contributed by atoms with Crippen LogP contribution in [0.3, 0.4) is 0 Å². The van der Waals surface area contributed by atoms with Gasteiger partial charge in [0.15, 0.2) is 0 Å². The van der Waals surface area contributed by atoms with Crippen molar-refractivity contribution in [2.75, 3.05) is 43.4 Å². The average Bonchev–Trinajstić information content (AvgIpc) is 3.14. The molecule has 0 aliphatic carbocycles. The summed E-state index contributed by atoms with van der Waals surface area (Å²) in [6, 6.07) is 15.8. The molecule has 0 saturated carbocycles. The van der Waals surface area contributed by atoms with Gasteiger partial charge in [0.2, 0.25) is 0 Å². The van der Waals surface area contributed by atoms with Crippen LogP contribution in [0.4, 0.5) is 11.4 Å². The fourth-order valence-electron chi connectivity index (χ4n) is 7.24. The van der Waals surface area contributed by atoms with Crippen LogP contribution in [-0.4, -0.2) is 49.7 Å². The third-order valence-electron chi connectivity index (χ3n) is 10.2. The molecule has 49 heavy (non-hydrogen) atoms. The SMILES string of the molecule is C/C=C(\c1ccc(C2CCN(CC3CCN(c4ccc(N)cc4)CC3)CC2)cc1C(C)CC)C(C)CCC(=O)CCC.CC.CC.CC=O. The molecule has 2 aliphatic rings. The standard InChI is InChI=1S/C38H57N3O.C2H4O.2C2H6/c1-6-9-35(42)16-10-29(5)36(8-3)37-17-11-32(26-38(37)28(4)7-2)31-20-22-40(23-21-31)27-30-18-24-41(25-19-30)34-14-12-33(39)13-15-34;1-2-3;2*1-2/h8,11-15,17,26,28-31H,6-7,9-10,16,18-25,27,39H2,1-5H3;2H,1H3;2*1-2H3/b36-8-;;;. The first-order valence-electron chi connectivity index (χ1n) is 19.8. The van der Waals surface area contributed by atoms with E-state index in [-0.39, 0.29) is 0 Å². The Morgan fingerprint density at radius 2 is 1.47 bits per heavy atom. The lowest BCUT2D eigenvalue weighted by molar-refractivity contribution is -0.119. The number of likely N-dealkylation sites (tertiary alicyclic amines) is 1. The van der Waals surface area contributed by atoms with Gasteiger partial charge >= 0.3 is 0 Å². The van der Waals surface area contributed by atoms with E-state index in [4.69, 9.17) is 10.5 Å². The number of anilines is 2. The number of carbonyl (C=O) groups is 2. The Labute approximate surface area is 302 Å². The molecule has 5 heteroatoms. The number of carbonyl (C=O) groups excluding carboxylic acids is 2. The lowest BCUT2D eigenvalue weighted by atomic mass is 9.80. The topological polar surface area (TPSA) is 66.6 Å². The van der Waals surface area contributed by atoms with Crippen LogP contribution in [0, 0.1) is 11.8 Å². The van der Waals surface area contributed by atoms with Crippen LogP contribution < -0.4 is 10.6 Å². The fourth-order valence-corrected chi connectivity index (χ4v) is 7.24. The van der Waals surface area contributed by atoms with Crippen LogP contribution >= 0.6 is 0 Å². The van der Waals surface area contributed by atoms with Crippen molar-refractivity contribution in [1.29, 1.82) is 0 Å². The first-order valence-corrected chi connectivity index (χ1v) is 19.8. The van der Waals surface area contributed by atoms with Crippen molar-refractivity contribution in [1.82, 2.24) is 4.90 Å². The van der Waals surface area contributed by atoms with Gasteiger partial charge < -0.3 is 20.3 Å². The molecular formula is C44H73N3O2. The number of Topliss-reactive ketones (excluding diaryl/α,β-unsaturated/α-hetero) is 1. The zero-order valence-electron chi connectivity index (χ0n) is 33.2. The second kappa shape index (κ2) is 25.1. The maximum atomic E-state index is 12.2. The molecule has 2 unspecified atom stereocenters. The molecule has 276 valence electrons. The quantitative estimate of drug-likeness (QED) is 0.169. The summed E-state index contributed by atoms with van der Waals surface area (Å²) >= 11 is 0. The van der Waals surface area contributed by atoms with Crippen LogP contribution in [-0.2, 0) is 9.59 Å². The minimum Gasteiger partial charge on any atom is -0.399 e. The minimum absolute atomic E-state index is 0.394. The van der Waals surface area contributed by atoms with E-state index in [2.05, 4.69) is 80.8 Å². The second-order valence-electron chi connectivity index (χ2n) is 13.5. The molecule has 2 saturated heterocycles. The van der Waals surface area contributed by atoms with Crippen molar-refractivity contribution in [3.8, 4) is 0 Å². The number of ketones is 1. The highest BCUT2D eigenvalue weighted by Gasteiger charge is 2.27. The molecule has 2 heterocycles. The van der Waals surface area contributed by atoms with Crippen LogP contribution in [0.5, 0.6) is 0 Å². The molecule has 0 bridgehead atoms. The molecule has 0 aromatic heterocycles. The molecule has 0 radical (unpaired) electrons. The van der Waals surface area contributed by atoms with E-state index in [0.29, 0.717) is 36.4 Å². The predicted molar refractivity (Wildman–Crippen MR) is 216 cm³/mol. The van der Waals surface area contributed by atoms with E-state index in [9.17, 15) is 4.79 Å². The minimum atomic E-state index is 0.394. The van der Waals surface area contributed by atoms with Gasteiger partial charge in [0.25, 0.3) is 0 Å². The number of rotatable bonds is 13. The van der Waals surface area contributed by atoms with Crippen molar-refractivity contribution in [2.45, 2.75) is 139 Å². The summed E-state index contributed by atoms with van der Waals surface area (Å²) < 4.78 is 0. The van der Waals surface area contributed by atoms with Gasteiger partial charge in [0.05, 0.1) is 0 Å². The number of hydrogen-bond donors (Lipinski definition) is 1. The van der Waals surface area contributed by atoms with E-state index in [1.807, 2.05) is 39.8 Å². The number of aldehydes is 1. The normalized spacial score (nSPS) is 16.9. The van der Waals surface area contributed by atoms with Gasteiger partial charge in [-0.2, -0.15) is 0 Å². The third-order valence-corrected chi connectivity index (χ3v) is 10.2. The molecule has 2 aromatic carbocycles. The maximum Gasteiger partial charge on any atom is 0.132 e. The number of hydrogen-bond acceptors (Lipinski definition) is 5. The van der Waals surface area contributed by atoms with E-state index in [1.54, 1.807) is 0 Å². The number of benzene rings is 2. The number of allylic oxidation sites excluding steroid dienone is 2. The van der Waals surface area contributed by atoms with E-state index < -0.39 is 0 Å². The number of piperidine rings is 2. The van der Waals surface area contributed by atoms with Crippen molar-refractivity contribution in [3.63, 3.8) is 0 Å². The van der Waals surface area contributed by atoms with Gasteiger partial charge in [-0.25, -0.2) is 0 Å².